The number of carbonyl (C=O) groups excluding carboxylic acids is 3. The maximum absolute atomic E-state index is 14.7. The lowest BCUT2D eigenvalue weighted by molar-refractivity contribution is -0.160. The average Bonchev–Trinajstić information content (AvgIpc) is 3.48. The summed E-state index contributed by atoms with van der Waals surface area (Å²) in [5, 5.41) is 22.7. The Morgan fingerprint density at radius 3 is 2.31 bits per heavy atom. The normalized spacial score (nSPS) is 29.0. The van der Waals surface area contributed by atoms with Gasteiger partial charge in [-0.3, -0.25) is 9.59 Å². The second-order valence-corrected chi connectivity index (χ2v) is 15.9. The van der Waals surface area contributed by atoms with Crippen LogP contribution in [0.3, 0.4) is 0 Å². The van der Waals surface area contributed by atoms with Gasteiger partial charge >= 0.3 is 5.97 Å². The standard InChI is InChI=1S/C37H56N2O6/c1-23(19-27-17-18-36(2,3)37(27,4)5)45-35(44)29-22-26-13-9-10-14-28(26)39(29)34(43)33(25-11-7-6-8-12-25)38-32(42)21-24-15-16-30(40)31(41)20-24/h15-16,20,23,25-29,33,40-41H,6-14,17-19,21-22H2,1-5H3,(H,38,42). The van der Waals surface area contributed by atoms with Crippen LogP contribution in [-0.4, -0.2) is 57.1 Å². The van der Waals surface area contributed by atoms with Crippen LogP contribution in [0.5, 0.6) is 11.5 Å². The fourth-order valence-corrected chi connectivity index (χ4v) is 8.99. The van der Waals surface area contributed by atoms with E-state index < -0.39 is 12.1 Å². The lowest BCUT2D eigenvalue weighted by Crippen LogP contribution is -2.57. The summed E-state index contributed by atoms with van der Waals surface area (Å²) in [6.45, 7) is 11.4. The number of phenolic OH excluding ortho intramolecular Hbond substituents is 2. The van der Waals surface area contributed by atoms with E-state index in [1.807, 2.05) is 11.8 Å². The van der Waals surface area contributed by atoms with Crippen molar-refractivity contribution in [2.75, 3.05) is 0 Å². The number of nitrogens with zero attached hydrogens (tertiary/aromatic N) is 1. The molecular weight excluding hydrogens is 568 g/mol. The summed E-state index contributed by atoms with van der Waals surface area (Å²) in [4.78, 5) is 43.8. The number of ether oxygens (including phenoxy) is 1. The molecule has 6 atom stereocenters. The lowest BCUT2D eigenvalue weighted by Gasteiger charge is -2.40. The molecule has 1 aromatic rings. The second-order valence-electron chi connectivity index (χ2n) is 15.9. The van der Waals surface area contributed by atoms with Crippen molar-refractivity contribution in [2.24, 2.45) is 28.6 Å². The van der Waals surface area contributed by atoms with Crippen LogP contribution in [0.25, 0.3) is 0 Å². The van der Waals surface area contributed by atoms with Crippen molar-refractivity contribution in [3.63, 3.8) is 0 Å². The predicted molar refractivity (Wildman–Crippen MR) is 173 cm³/mol. The van der Waals surface area contributed by atoms with E-state index in [9.17, 15) is 24.6 Å². The van der Waals surface area contributed by atoms with Gasteiger partial charge in [0.25, 0.3) is 0 Å². The highest BCUT2D eigenvalue weighted by Gasteiger charge is 2.52. The molecule has 6 unspecified atom stereocenters. The van der Waals surface area contributed by atoms with Gasteiger partial charge < -0.3 is 25.2 Å². The number of phenols is 2. The van der Waals surface area contributed by atoms with Crippen molar-refractivity contribution in [1.82, 2.24) is 10.2 Å². The third-order valence-electron chi connectivity index (χ3n) is 12.5. The van der Waals surface area contributed by atoms with Gasteiger partial charge in [-0.1, -0.05) is 65.9 Å². The first kappa shape index (κ1) is 33.6. The van der Waals surface area contributed by atoms with E-state index >= 15 is 0 Å². The topological polar surface area (TPSA) is 116 Å². The number of esters is 1. The van der Waals surface area contributed by atoms with Crippen LogP contribution in [0.1, 0.15) is 124 Å². The number of rotatable bonds is 9. The quantitative estimate of drug-likeness (QED) is 0.209. The summed E-state index contributed by atoms with van der Waals surface area (Å²) in [6, 6.07) is 2.99. The number of hydrogen-bond acceptors (Lipinski definition) is 6. The summed E-state index contributed by atoms with van der Waals surface area (Å²) in [5.41, 5.74) is 0.949. The molecule has 0 radical (unpaired) electrons. The minimum absolute atomic E-state index is 0.00860. The van der Waals surface area contributed by atoms with Gasteiger partial charge in [0.05, 0.1) is 12.5 Å². The molecule has 4 aliphatic rings. The van der Waals surface area contributed by atoms with E-state index in [4.69, 9.17) is 4.74 Å². The Hall–Kier alpha value is -2.77. The van der Waals surface area contributed by atoms with Gasteiger partial charge in [-0.25, -0.2) is 4.79 Å². The molecule has 45 heavy (non-hydrogen) atoms. The highest BCUT2D eigenvalue weighted by atomic mass is 16.5. The number of aromatic hydroxyl groups is 2. The van der Waals surface area contributed by atoms with Crippen molar-refractivity contribution in [2.45, 2.75) is 149 Å². The van der Waals surface area contributed by atoms with Crippen LogP contribution < -0.4 is 5.32 Å². The zero-order chi connectivity index (χ0) is 32.5. The van der Waals surface area contributed by atoms with Crippen LogP contribution in [0.4, 0.5) is 0 Å². The Kier molecular flexibility index (Phi) is 10.1. The summed E-state index contributed by atoms with van der Waals surface area (Å²) >= 11 is 0. The number of benzene rings is 1. The summed E-state index contributed by atoms with van der Waals surface area (Å²) in [7, 11) is 0. The summed E-state index contributed by atoms with van der Waals surface area (Å²) < 4.78 is 6.19. The molecule has 2 amide bonds. The lowest BCUT2D eigenvalue weighted by atomic mass is 9.66. The second kappa shape index (κ2) is 13.5. The predicted octanol–water partition coefficient (Wildman–Crippen LogP) is 6.65. The molecule has 1 saturated heterocycles. The first-order chi connectivity index (χ1) is 21.3. The number of carbonyl (C=O) groups is 3. The van der Waals surface area contributed by atoms with Gasteiger partial charge in [-0.05, 0) is 105 Å². The van der Waals surface area contributed by atoms with E-state index in [0.29, 0.717) is 17.9 Å². The molecule has 0 spiro atoms. The fraction of sp³-hybridized carbons (Fsp3) is 0.757. The third-order valence-corrected chi connectivity index (χ3v) is 12.5. The van der Waals surface area contributed by atoms with Crippen molar-refractivity contribution >= 4 is 17.8 Å². The molecule has 8 heteroatoms. The number of likely N-dealkylation sites (tertiary alicyclic amines) is 1. The van der Waals surface area contributed by atoms with Crippen LogP contribution >= 0.6 is 0 Å². The molecule has 3 aliphatic carbocycles. The van der Waals surface area contributed by atoms with Crippen LogP contribution in [0, 0.1) is 28.6 Å². The molecular formula is C37H56N2O6. The molecule has 1 heterocycles. The van der Waals surface area contributed by atoms with Gasteiger partial charge in [-0.15, -0.1) is 0 Å². The van der Waals surface area contributed by atoms with E-state index in [-0.39, 0.29) is 70.5 Å². The Labute approximate surface area is 269 Å². The third kappa shape index (κ3) is 7.15. The van der Waals surface area contributed by atoms with Crippen molar-refractivity contribution < 1.29 is 29.3 Å². The van der Waals surface area contributed by atoms with E-state index in [0.717, 1.165) is 70.6 Å². The number of nitrogens with one attached hydrogen (secondary N) is 1. The highest BCUT2D eigenvalue weighted by molar-refractivity contribution is 5.92. The van der Waals surface area contributed by atoms with Gasteiger partial charge in [0.2, 0.25) is 11.8 Å². The molecule has 3 N–H and O–H groups in total. The van der Waals surface area contributed by atoms with E-state index in [1.165, 1.54) is 18.6 Å². The Morgan fingerprint density at radius 2 is 1.64 bits per heavy atom. The number of hydrogen-bond donors (Lipinski definition) is 3. The van der Waals surface area contributed by atoms with Crippen LogP contribution in [0.2, 0.25) is 0 Å². The van der Waals surface area contributed by atoms with Crippen molar-refractivity contribution in [1.29, 1.82) is 0 Å². The average molecular weight is 625 g/mol. The SMILES string of the molecule is CC(CC1CCC(C)(C)C1(C)C)OC(=O)C1CC2CCCCC2N1C(=O)C(NC(=O)Cc1ccc(O)c(O)c1)C1CCCCC1. The molecule has 5 rings (SSSR count). The Bertz CT molecular complexity index is 1240. The minimum Gasteiger partial charge on any atom is -0.504 e. The van der Waals surface area contributed by atoms with Gasteiger partial charge in [0, 0.05) is 6.04 Å². The zero-order valence-electron chi connectivity index (χ0n) is 28.1. The monoisotopic (exact) mass is 624 g/mol. The maximum Gasteiger partial charge on any atom is 0.329 e. The number of fused-ring (bicyclic) bond motifs is 1. The summed E-state index contributed by atoms with van der Waals surface area (Å²) in [5.74, 6) is -0.522. The zero-order valence-corrected chi connectivity index (χ0v) is 28.1. The fourth-order valence-electron chi connectivity index (χ4n) is 8.99. The van der Waals surface area contributed by atoms with Crippen molar-refractivity contribution in [3.8, 4) is 11.5 Å². The first-order valence-electron chi connectivity index (χ1n) is 17.6. The molecule has 1 aromatic carbocycles. The first-order valence-corrected chi connectivity index (χ1v) is 17.6. The molecule has 250 valence electrons. The van der Waals surface area contributed by atoms with Crippen molar-refractivity contribution in [3.05, 3.63) is 23.8 Å². The largest absolute Gasteiger partial charge is 0.504 e. The molecule has 4 fully saturated rings. The van der Waals surface area contributed by atoms with E-state index in [1.54, 1.807) is 6.07 Å². The van der Waals surface area contributed by atoms with Crippen LogP contribution in [-0.2, 0) is 25.5 Å². The van der Waals surface area contributed by atoms with Gasteiger partial charge in [-0.2, -0.15) is 0 Å². The minimum atomic E-state index is -0.710. The molecule has 0 aromatic heterocycles. The van der Waals surface area contributed by atoms with Gasteiger partial charge in [0.1, 0.15) is 12.1 Å². The van der Waals surface area contributed by atoms with Crippen LogP contribution in [0.15, 0.2) is 18.2 Å². The Morgan fingerprint density at radius 1 is 0.956 bits per heavy atom. The number of amides is 2. The van der Waals surface area contributed by atoms with Gasteiger partial charge in [0.15, 0.2) is 11.5 Å². The highest BCUT2D eigenvalue weighted by Crippen LogP contribution is 2.57. The molecule has 1 aliphatic heterocycles. The smallest absolute Gasteiger partial charge is 0.329 e. The molecule has 8 nitrogen and oxygen atoms in total. The molecule has 0 bridgehead atoms. The molecule has 3 saturated carbocycles. The maximum atomic E-state index is 14.7. The summed E-state index contributed by atoms with van der Waals surface area (Å²) in [6.07, 6.45) is 12.4. The van der Waals surface area contributed by atoms with E-state index in [2.05, 4.69) is 33.0 Å². The Balaban J connectivity index is 1.33.